The van der Waals surface area contributed by atoms with Crippen molar-refractivity contribution in [3.05, 3.63) is 33.9 Å². The summed E-state index contributed by atoms with van der Waals surface area (Å²) in [6.45, 7) is 3.25. The zero-order chi connectivity index (χ0) is 12.3. The second-order valence-electron chi connectivity index (χ2n) is 3.56. The molecule has 1 amide bonds. The van der Waals surface area contributed by atoms with Gasteiger partial charge in [0.25, 0.3) is 5.69 Å². The second kappa shape index (κ2) is 4.71. The van der Waals surface area contributed by atoms with Gasteiger partial charge in [-0.05, 0) is 25.5 Å². The number of nitrogens with one attached hydrogen (secondary N) is 1. The second-order valence-corrected chi connectivity index (χ2v) is 3.56. The van der Waals surface area contributed by atoms with Crippen molar-refractivity contribution in [3.63, 3.8) is 0 Å². The third-order valence-electron chi connectivity index (χ3n) is 2.02. The molecule has 0 aromatic heterocycles. The maximum Gasteiger partial charge on any atom is 0.293 e. The van der Waals surface area contributed by atoms with Gasteiger partial charge in [0.05, 0.1) is 11.0 Å². The number of amides is 1. The van der Waals surface area contributed by atoms with Crippen LogP contribution < -0.4 is 11.1 Å². The Bertz CT molecular complexity index is 429. The summed E-state index contributed by atoms with van der Waals surface area (Å²) in [6.07, 6.45) is 0. The van der Waals surface area contributed by atoms with Gasteiger partial charge in [-0.3, -0.25) is 14.9 Å². The SMILES string of the molecule is Cc1ccc(NC(=O)[C@H](C)N)c([N+](=O)[O-])c1. The lowest BCUT2D eigenvalue weighted by atomic mass is 10.2. The normalized spacial score (nSPS) is 11.9. The first-order valence-corrected chi connectivity index (χ1v) is 4.73. The average molecular weight is 223 g/mol. The molecule has 1 rings (SSSR count). The monoisotopic (exact) mass is 223 g/mol. The molecule has 6 heteroatoms. The molecule has 6 nitrogen and oxygen atoms in total. The minimum Gasteiger partial charge on any atom is -0.320 e. The molecule has 0 fully saturated rings. The van der Waals surface area contributed by atoms with Crippen molar-refractivity contribution >= 4 is 17.3 Å². The van der Waals surface area contributed by atoms with Gasteiger partial charge in [-0.2, -0.15) is 0 Å². The van der Waals surface area contributed by atoms with Crippen molar-refractivity contribution in [2.75, 3.05) is 5.32 Å². The van der Waals surface area contributed by atoms with E-state index in [-0.39, 0.29) is 11.4 Å². The topological polar surface area (TPSA) is 98.3 Å². The van der Waals surface area contributed by atoms with Crippen LogP contribution in [-0.2, 0) is 4.79 Å². The minimum atomic E-state index is -0.707. The standard InChI is InChI=1S/C10H13N3O3/c1-6-3-4-8(9(5-6)13(15)16)12-10(14)7(2)11/h3-5,7H,11H2,1-2H3,(H,12,14)/t7-/m0/s1. The van der Waals surface area contributed by atoms with E-state index in [2.05, 4.69) is 5.32 Å². The Morgan fingerprint density at radius 3 is 2.69 bits per heavy atom. The highest BCUT2D eigenvalue weighted by Gasteiger charge is 2.17. The van der Waals surface area contributed by atoms with Crippen molar-refractivity contribution in [2.45, 2.75) is 19.9 Å². The molecule has 0 aliphatic carbocycles. The predicted octanol–water partition coefficient (Wildman–Crippen LogP) is 1.19. The molecular formula is C10H13N3O3. The number of carbonyl (C=O) groups excluding carboxylic acids is 1. The maximum absolute atomic E-state index is 11.3. The van der Waals surface area contributed by atoms with Gasteiger partial charge < -0.3 is 11.1 Å². The van der Waals surface area contributed by atoms with Gasteiger partial charge in [0.2, 0.25) is 5.91 Å². The zero-order valence-electron chi connectivity index (χ0n) is 9.06. The first kappa shape index (κ1) is 12.1. The highest BCUT2D eigenvalue weighted by Crippen LogP contribution is 2.25. The number of nitro groups is 1. The Hall–Kier alpha value is -1.95. The Morgan fingerprint density at radius 1 is 1.56 bits per heavy atom. The molecule has 0 saturated carbocycles. The first-order valence-electron chi connectivity index (χ1n) is 4.73. The number of anilines is 1. The highest BCUT2D eigenvalue weighted by molar-refractivity contribution is 5.96. The lowest BCUT2D eigenvalue weighted by Gasteiger charge is -2.08. The molecule has 0 spiro atoms. The summed E-state index contributed by atoms with van der Waals surface area (Å²) in [4.78, 5) is 21.5. The summed E-state index contributed by atoms with van der Waals surface area (Å²) in [5, 5.41) is 13.2. The van der Waals surface area contributed by atoms with Crippen molar-refractivity contribution in [3.8, 4) is 0 Å². The van der Waals surface area contributed by atoms with E-state index in [1.165, 1.54) is 19.1 Å². The van der Waals surface area contributed by atoms with E-state index >= 15 is 0 Å². The molecule has 0 aliphatic rings. The molecular weight excluding hydrogens is 210 g/mol. The third-order valence-corrected chi connectivity index (χ3v) is 2.02. The summed E-state index contributed by atoms with van der Waals surface area (Å²) in [5.41, 5.74) is 6.15. The van der Waals surface area contributed by atoms with E-state index in [1.54, 1.807) is 13.0 Å². The number of hydrogen-bond donors (Lipinski definition) is 2. The lowest BCUT2D eigenvalue weighted by Crippen LogP contribution is -2.32. The van der Waals surface area contributed by atoms with Crippen LogP contribution in [0.15, 0.2) is 18.2 Å². The van der Waals surface area contributed by atoms with Crippen LogP contribution in [0.4, 0.5) is 11.4 Å². The fraction of sp³-hybridized carbons (Fsp3) is 0.300. The molecule has 1 atom stereocenters. The summed E-state index contributed by atoms with van der Waals surface area (Å²) in [5.74, 6) is -0.452. The number of nitro benzene ring substituents is 1. The number of benzene rings is 1. The number of nitrogens with zero attached hydrogens (tertiary/aromatic N) is 1. The van der Waals surface area contributed by atoms with Gasteiger partial charge >= 0.3 is 0 Å². The smallest absolute Gasteiger partial charge is 0.293 e. The molecule has 3 N–H and O–H groups in total. The molecule has 0 bridgehead atoms. The zero-order valence-corrected chi connectivity index (χ0v) is 9.06. The van der Waals surface area contributed by atoms with Gasteiger partial charge in [-0.15, -0.1) is 0 Å². The van der Waals surface area contributed by atoms with Crippen LogP contribution >= 0.6 is 0 Å². The number of rotatable bonds is 3. The fourth-order valence-corrected chi connectivity index (χ4v) is 1.14. The average Bonchev–Trinajstić information content (AvgIpc) is 2.20. The Morgan fingerprint density at radius 2 is 2.19 bits per heavy atom. The minimum absolute atomic E-state index is 0.131. The molecule has 0 heterocycles. The van der Waals surface area contributed by atoms with Crippen LogP contribution in [0.25, 0.3) is 0 Å². The van der Waals surface area contributed by atoms with E-state index in [1.807, 2.05) is 0 Å². The summed E-state index contributed by atoms with van der Waals surface area (Å²) < 4.78 is 0. The number of carbonyl (C=O) groups is 1. The molecule has 0 radical (unpaired) electrons. The number of aryl methyl sites for hydroxylation is 1. The Labute approximate surface area is 92.6 Å². The summed E-state index contributed by atoms with van der Waals surface area (Å²) in [7, 11) is 0. The van der Waals surface area contributed by atoms with Gasteiger partial charge in [-0.25, -0.2) is 0 Å². The van der Waals surface area contributed by atoms with E-state index in [9.17, 15) is 14.9 Å². The summed E-state index contributed by atoms with van der Waals surface area (Å²) in [6, 6.07) is 3.87. The lowest BCUT2D eigenvalue weighted by molar-refractivity contribution is -0.384. The Balaban J connectivity index is 3.04. The van der Waals surface area contributed by atoms with Crippen LogP contribution in [0, 0.1) is 17.0 Å². The van der Waals surface area contributed by atoms with E-state index in [0.29, 0.717) is 0 Å². The predicted molar refractivity (Wildman–Crippen MR) is 60.1 cm³/mol. The molecule has 0 aliphatic heterocycles. The van der Waals surface area contributed by atoms with Crippen LogP contribution in [0.2, 0.25) is 0 Å². The number of nitrogens with two attached hydrogens (primary N) is 1. The van der Waals surface area contributed by atoms with Crippen LogP contribution in [0.3, 0.4) is 0 Å². The molecule has 1 aromatic carbocycles. The molecule has 0 unspecified atom stereocenters. The largest absolute Gasteiger partial charge is 0.320 e. The number of hydrogen-bond acceptors (Lipinski definition) is 4. The quantitative estimate of drug-likeness (QED) is 0.593. The Kier molecular flexibility index (Phi) is 3.57. The van der Waals surface area contributed by atoms with Crippen molar-refractivity contribution < 1.29 is 9.72 Å². The third kappa shape index (κ3) is 2.77. The van der Waals surface area contributed by atoms with E-state index < -0.39 is 16.9 Å². The van der Waals surface area contributed by atoms with Crippen molar-refractivity contribution in [1.29, 1.82) is 0 Å². The van der Waals surface area contributed by atoms with Gasteiger partial charge in [0.15, 0.2) is 0 Å². The summed E-state index contributed by atoms with van der Waals surface area (Å²) >= 11 is 0. The fourth-order valence-electron chi connectivity index (χ4n) is 1.14. The van der Waals surface area contributed by atoms with Crippen LogP contribution in [-0.4, -0.2) is 16.9 Å². The van der Waals surface area contributed by atoms with Crippen LogP contribution in [0.1, 0.15) is 12.5 Å². The van der Waals surface area contributed by atoms with E-state index in [0.717, 1.165) is 5.56 Å². The van der Waals surface area contributed by atoms with Gasteiger partial charge in [-0.1, -0.05) is 6.07 Å². The molecule has 86 valence electrons. The van der Waals surface area contributed by atoms with Crippen LogP contribution in [0.5, 0.6) is 0 Å². The van der Waals surface area contributed by atoms with Gasteiger partial charge in [0.1, 0.15) is 5.69 Å². The van der Waals surface area contributed by atoms with Crippen molar-refractivity contribution in [2.24, 2.45) is 5.73 Å². The molecule has 1 aromatic rings. The first-order chi connectivity index (χ1) is 7.41. The highest BCUT2D eigenvalue weighted by atomic mass is 16.6. The van der Waals surface area contributed by atoms with E-state index in [4.69, 9.17) is 5.73 Å². The molecule has 0 saturated heterocycles. The molecule has 16 heavy (non-hydrogen) atoms. The van der Waals surface area contributed by atoms with Gasteiger partial charge in [0, 0.05) is 6.07 Å². The maximum atomic E-state index is 11.3. The van der Waals surface area contributed by atoms with Crippen molar-refractivity contribution in [1.82, 2.24) is 0 Å².